The fourth-order valence-corrected chi connectivity index (χ4v) is 3.36. The van der Waals surface area contributed by atoms with Crippen molar-refractivity contribution in [2.75, 3.05) is 7.05 Å². The van der Waals surface area contributed by atoms with Gasteiger partial charge < -0.3 is 5.32 Å². The van der Waals surface area contributed by atoms with Crippen LogP contribution in [-0.2, 0) is 0 Å². The highest BCUT2D eigenvalue weighted by molar-refractivity contribution is 7.12. The number of hydrogen-bond acceptors (Lipinski definition) is 5. The van der Waals surface area contributed by atoms with Crippen molar-refractivity contribution in [3.63, 3.8) is 0 Å². The zero-order chi connectivity index (χ0) is 10.8. The summed E-state index contributed by atoms with van der Waals surface area (Å²) in [4.78, 5) is 3.86. The van der Waals surface area contributed by atoms with E-state index < -0.39 is 0 Å². The molecule has 2 rings (SSSR count). The Hall–Kier alpha value is -0.780. The van der Waals surface area contributed by atoms with E-state index in [9.17, 15) is 0 Å². The molecular weight excluding hydrogens is 226 g/mol. The molecule has 0 aliphatic carbocycles. The Bertz CT molecular complexity index is 447. The molecule has 0 saturated heterocycles. The fourth-order valence-electron chi connectivity index (χ4n) is 1.51. The molecule has 1 N–H and O–H groups in total. The van der Waals surface area contributed by atoms with Gasteiger partial charge in [-0.1, -0.05) is 4.49 Å². The molecule has 0 spiro atoms. The van der Waals surface area contributed by atoms with Gasteiger partial charge in [0.25, 0.3) is 0 Å². The van der Waals surface area contributed by atoms with Crippen LogP contribution >= 0.6 is 22.9 Å². The molecule has 1 atom stereocenters. The molecule has 0 aromatic carbocycles. The smallest absolute Gasteiger partial charge is 0.0797 e. The third-order valence-corrected chi connectivity index (χ3v) is 4.24. The van der Waals surface area contributed by atoms with Crippen molar-refractivity contribution in [3.05, 3.63) is 32.5 Å². The first-order valence-corrected chi connectivity index (χ1v) is 6.34. The lowest BCUT2D eigenvalue weighted by molar-refractivity contribution is 0.709. The molecule has 3 nitrogen and oxygen atoms in total. The SMILES string of the molecule is CNC(c1ccc(C)s1)c1snnc1C. The maximum absolute atomic E-state index is 4.05. The number of thiophene rings is 1. The van der Waals surface area contributed by atoms with Gasteiger partial charge in [-0.2, -0.15) is 0 Å². The summed E-state index contributed by atoms with van der Waals surface area (Å²) in [5, 5.41) is 7.37. The van der Waals surface area contributed by atoms with Crippen LogP contribution in [0.15, 0.2) is 12.1 Å². The van der Waals surface area contributed by atoms with Gasteiger partial charge >= 0.3 is 0 Å². The van der Waals surface area contributed by atoms with Crippen molar-refractivity contribution >= 4 is 22.9 Å². The highest BCUT2D eigenvalue weighted by atomic mass is 32.1. The molecule has 0 amide bonds. The summed E-state index contributed by atoms with van der Waals surface area (Å²) >= 11 is 3.29. The minimum atomic E-state index is 0.240. The highest BCUT2D eigenvalue weighted by Crippen LogP contribution is 2.30. The van der Waals surface area contributed by atoms with Gasteiger partial charge in [-0.15, -0.1) is 16.4 Å². The van der Waals surface area contributed by atoms with Gasteiger partial charge in [0.15, 0.2) is 0 Å². The third-order valence-electron chi connectivity index (χ3n) is 2.28. The average Bonchev–Trinajstić information content (AvgIpc) is 2.79. The first-order chi connectivity index (χ1) is 7.22. The minimum absolute atomic E-state index is 0.240. The summed E-state index contributed by atoms with van der Waals surface area (Å²) in [7, 11) is 1.97. The van der Waals surface area contributed by atoms with Crippen molar-refractivity contribution < 1.29 is 0 Å². The second-order valence-electron chi connectivity index (χ2n) is 3.39. The van der Waals surface area contributed by atoms with Crippen LogP contribution in [0.3, 0.4) is 0 Å². The molecule has 80 valence electrons. The Morgan fingerprint density at radius 1 is 1.33 bits per heavy atom. The lowest BCUT2D eigenvalue weighted by Crippen LogP contribution is -2.16. The number of nitrogens with one attached hydrogen (secondary N) is 1. The van der Waals surface area contributed by atoms with E-state index in [0.29, 0.717) is 0 Å². The molecule has 0 radical (unpaired) electrons. The maximum atomic E-state index is 4.05. The Balaban J connectivity index is 2.36. The standard InChI is InChI=1S/C10H13N3S2/c1-6-4-5-8(14-6)9(11-3)10-7(2)12-13-15-10/h4-5,9,11H,1-3H3. The normalized spacial score (nSPS) is 13.0. The molecule has 1 unspecified atom stereocenters. The predicted molar refractivity (Wildman–Crippen MR) is 64.6 cm³/mol. The van der Waals surface area contributed by atoms with Crippen LogP contribution < -0.4 is 5.32 Å². The molecule has 2 heterocycles. The van der Waals surface area contributed by atoms with Crippen LogP contribution in [0.25, 0.3) is 0 Å². The largest absolute Gasteiger partial charge is 0.308 e. The highest BCUT2D eigenvalue weighted by Gasteiger charge is 2.18. The zero-order valence-electron chi connectivity index (χ0n) is 8.94. The minimum Gasteiger partial charge on any atom is -0.308 e. The van der Waals surface area contributed by atoms with Crippen LogP contribution in [-0.4, -0.2) is 16.6 Å². The Morgan fingerprint density at radius 3 is 2.60 bits per heavy atom. The van der Waals surface area contributed by atoms with Crippen LogP contribution in [0.5, 0.6) is 0 Å². The van der Waals surface area contributed by atoms with Gasteiger partial charge in [-0.05, 0) is 44.6 Å². The molecule has 5 heteroatoms. The van der Waals surface area contributed by atoms with Crippen molar-refractivity contribution in [3.8, 4) is 0 Å². The molecule has 0 bridgehead atoms. The second-order valence-corrected chi connectivity index (χ2v) is 5.50. The quantitative estimate of drug-likeness (QED) is 0.894. The molecule has 0 fully saturated rings. The van der Waals surface area contributed by atoms with Gasteiger partial charge in [0.1, 0.15) is 0 Å². The van der Waals surface area contributed by atoms with E-state index >= 15 is 0 Å². The topological polar surface area (TPSA) is 37.8 Å². The summed E-state index contributed by atoms with van der Waals surface area (Å²) in [6.45, 7) is 4.13. The van der Waals surface area contributed by atoms with Gasteiger partial charge in [-0.3, -0.25) is 0 Å². The zero-order valence-corrected chi connectivity index (χ0v) is 10.6. The fraction of sp³-hybridized carbons (Fsp3) is 0.400. The van der Waals surface area contributed by atoms with E-state index in [4.69, 9.17) is 0 Å². The average molecular weight is 239 g/mol. The van der Waals surface area contributed by atoms with Crippen molar-refractivity contribution in [1.82, 2.24) is 14.9 Å². The molecule has 0 aliphatic rings. The summed E-state index contributed by atoms with van der Waals surface area (Å²) in [5.41, 5.74) is 1.02. The molecule has 0 aliphatic heterocycles. The monoisotopic (exact) mass is 239 g/mol. The Labute approximate surface area is 97.3 Å². The van der Waals surface area contributed by atoms with E-state index in [1.54, 1.807) is 0 Å². The first-order valence-electron chi connectivity index (χ1n) is 4.75. The van der Waals surface area contributed by atoms with Crippen molar-refractivity contribution in [2.24, 2.45) is 0 Å². The molecular formula is C10H13N3S2. The summed E-state index contributed by atoms with van der Waals surface area (Å²) in [6.07, 6.45) is 0. The number of aromatic nitrogens is 2. The van der Waals surface area contributed by atoms with Crippen LogP contribution in [0.1, 0.15) is 26.4 Å². The van der Waals surface area contributed by atoms with E-state index in [1.807, 2.05) is 25.3 Å². The first kappa shape index (κ1) is 10.7. The predicted octanol–water partition coefficient (Wildman–Crippen LogP) is 2.53. The number of aryl methyl sites for hydroxylation is 2. The van der Waals surface area contributed by atoms with Crippen LogP contribution in [0, 0.1) is 13.8 Å². The van der Waals surface area contributed by atoms with Crippen LogP contribution in [0.4, 0.5) is 0 Å². The summed E-state index contributed by atoms with van der Waals surface area (Å²) < 4.78 is 3.98. The van der Waals surface area contributed by atoms with E-state index in [-0.39, 0.29) is 6.04 Å². The van der Waals surface area contributed by atoms with Gasteiger partial charge in [-0.25, -0.2) is 0 Å². The van der Waals surface area contributed by atoms with Crippen molar-refractivity contribution in [2.45, 2.75) is 19.9 Å². The maximum Gasteiger partial charge on any atom is 0.0797 e. The molecule has 0 saturated carbocycles. The van der Waals surface area contributed by atoms with E-state index in [1.165, 1.54) is 26.2 Å². The third kappa shape index (κ3) is 2.09. The van der Waals surface area contributed by atoms with Gasteiger partial charge in [0.05, 0.1) is 16.6 Å². The van der Waals surface area contributed by atoms with Crippen LogP contribution in [0.2, 0.25) is 0 Å². The molecule has 15 heavy (non-hydrogen) atoms. The van der Waals surface area contributed by atoms with Crippen molar-refractivity contribution in [1.29, 1.82) is 0 Å². The number of nitrogens with zero attached hydrogens (tertiary/aromatic N) is 2. The molecule has 2 aromatic heterocycles. The van der Waals surface area contributed by atoms with E-state index in [0.717, 1.165) is 5.69 Å². The number of hydrogen-bond donors (Lipinski definition) is 1. The summed E-state index contributed by atoms with van der Waals surface area (Å²) in [5.74, 6) is 0. The number of rotatable bonds is 3. The van der Waals surface area contributed by atoms with Gasteiger partial charge in [0.2, 0.25) is 0 Å². The molecule has 2 aromatic rings. The Kier molecular flexibility index (Phi) is 3.14. The van der Waals surface area contributed by atoms with E-state index in [2.05, 4.69) is 34.0 Å². The Morgan fingerprint density at radius 2 is 2.13 bits per heavy atom. The van der Waals surface area contributed by atoms with Gasteiger partial charge in [0, 0.05) is 9.75 Å². The lowest BCUT2D eigenvalue weighted by Gasteiger charge is -2.12. The summed E-state index contributed by atoms with van der Waals surface area (Å²) in [6, 6.07) is 4.55. The second kappa shape index (κ2) is 4.38. The lowest BCUT2D eigenvalue weighted by atomic mass is 10.2.